The van der Waals surface area contributed by atoms with E-state index in [9.17, 15) is 29.7 Å². The first-order valence-corrected chi connectivity index (χ1v) is 11.6. The first-order valence-electron chi connectivity index (χ1n) is 11.6. The van der Waals surface area contributed by atoms with Crippen LogP contribution in [0.5, 0.6) is 5.75 Å². The van der Waals surface area contributed by atoms with E-state index in [4.69, 9.17) is 4.74 Å². The van der Waals surface area contributed by atoms with Crippen molar-refractivity contribution in [3.05, 3.63) is 59.2 Å². The average Bonchev–Trinajstić information content (AvgIpc) is 2.79. The van der Waals surface area contributed by atoms with Crippen LogP contribution in [0.15, 0.2) is 42.5 Å². The average molecular weight is 502 g/mol. The third kappa shape index (κ3) is 7.69. The summed E-state index contributed by atoms with van der Waals surface area (Å²) in [7, 11) is 0. The maximum atomic E-state index is 13.6. The lowest BCUT2D eigenvalue weighted by atomic mass is 10.0. The molecule has 2 atom stereocenters. The van der Waals surface area contributed by atoms with Gasteiger partial charge in [-0.1, -0.05) is 30.3 Å². The van der Waals surface area contributed by atoms with Crippen LogP contribution in [0.2, 0.25) is 0 Å². The number of para-hydroxylation sites is 1. The molecule has 0 aromatic heterocycles. The van der Waals surface area contributed by atoms with Crippen LogP contribution in [0.1, 0.15) is 43.5 Å². The highest BCUT2D eigenvalue weighted by Gasteiger charge is 2.36. The van der Waals surface area contributed by atoms with Crippen molar-refractivity contribution in [2.24, 2.45) is 0 Å². The van der Waals surface area contributed by atoms with E-state index in [1.807, 2.05) is 32.0 Å². The third-order valence-corrected chi connectivity index (χ3v) is 5.29. The van der Waals surface area contributed by atoms with Crippen molar-refractivity contribution in [1.82, 2.24) is 10.2 Å². The number of aliphatic hydroxyl groups is 2. The molecular formula is C26H35N3O7. The van der Waals surface area contributed by atoms with Crippen LogP contribution in [0, 0.1) is 13.8 Å². The number of ether oxygens (including phenoxy) is 1. The summed E-state index contributed by atoms with van der Waals surface area (Å²) in [6, 6.07) is 8.56. The second-order valence-corrected chi connectivity index (χ2v) is 9.39. The molecule has 2 rings (SSSR count). The predicted molar refractivity (Wildman–Crippen MR) is 134 cm³/mol. The van der Waals surface area contributed by atoms with Crippen LogP contribution in [-0.2, 0) is 14.3 Å². The van der Waals surface area contributed by atoms with Gasteiger partial charge >= 0.3 is 6.09 Å². The Labute approximate surface area is 210 Å². The van der Waals surface area contributed by atoms with Gasteiger partial charge in [-0.25, -0.2) is 4.79 Å². The normalized spacial score (nSPS) is 12.9. The molecule has 0 aliphatic heterocycles. The Morgan fingerprint density at radius 1 is 1.00 bits per heavy atom. The molecule has 0 spiro atoms. The number of benzene rings is 2. The van der Waals surface area contributed by atoms with Crippen molar-refractivity contribution in [1.29, 1.82) is 0 Å². The number of amides is 3. The molecule has 2 aromatic rings. The number of hydrogen-bond donors (Lipinski definition) is 5. The second-order valence-electron chi connectivity index (χ2n) is 9.39. The lowest BCUT2D eigenvalue weighted by Crippen LogP contribution is -2.54. The fourth-order valence-corrected chi connectivity index (χ4v) is 3.64. The van der Waals surface area contributed by atoms with E-state index in [1.54, 1.807) is 20.8 Å². The Hall–Kier alpha value is -3.63. The number of nitrogens with one attached hydrogen (secondary N) is 2. The summed E-state index contributed by atoms with van der Waals surface area (Å²) < 4.78 is 5.18. The third-order valence-electron chi connectivity index (χ3n) is 5.29. The maximum absolute atomic E-state index is 13.6. The first-order chi connectivity index (χ1) is 16.9. The van der Waals surface area contributed by atoms with Gasteiger partial charge in [0.15, 0.2) is 0 Å². The van der Waals surface area contributed by atoms with E-state index < -0.39 is 48.8 Å². The summed E-state index contributed by atoms with van der Waals surface area (Å²) >= 11 is 0. The first kappa shape index (κ1) is 28.6. The number of aliphatic hydroxyl groups excluding tert-OH is 2. The molecule has 10 heteroatoms. The quantitative estimate of drug-likeness (QED) is 0.354. The highest BCUT2D eigenvalue weighted by atomic mass is 16.6. The van der Waals surface area contributed by atoms with Crippen molar-refractivity contribution in [3.8, 4) is 5.75 Å². The van der Waals surface area contributed by atoms with Gasteiger partial charge in [0.05, 0.1) is 13.2 Å². The fraction of sp³-hybridized carbons (Fsp3) is 0.423. The fourth-order valence-electron chi connectivity index (χ4n) is 3.64. The number of carbonyl (C=O) groups excluding carboxylic acids is 3. The van der Waals surface area contributed by atoms with Crippen molar-refractivity contribution >= 4 is 23.6 Å². The Morgan fingerprint density at radius 3 is 2.08 bits per heavy atom. The lowest BCUT2D eigenvalue weighted by Gasteiger charge is -2.34. The monoisotopic (exact) mass is 501 g/mol. The van der Waals surface area contributed by atoms with E-state index in [1.165, 1.54) is 24.3 Å². The number of aromatic hydroxyl groups is 1. The topological polar surface area (TPSA) is 148 Å². The molecule has 0 saturated heterocycles. The molecule has 10 nitrogen and oxygen atoms in total. The van der Waals surface area contributed by atoms with Crippen molar-refractivity contribution < 1.29 is 34.4 Å². The van der Waals surface area contributed by atoms with Crippen LogP contribution >= 0.6 is 0 Å². The highest BCUT2D eigenvalue weighted by molar-refractivity contribution is 6.00. The van der Waals surface area contributed by atoms with Crippen molar-refractivity contribution in [2.75, 3.05) is 25.1 Å². The summed E-state index contributed by atoms with van der Waals surface area (Å²) in [6.07, 6.45) is -0.917. The zero-order chi connectivity index (χ0) is 27.0. The number of nitrogens with zero attached hydrogens (tertiary/aromatic N) is 1. The van der Waals surface area contributed by atoms with E-state index in [0.29, 0.717) is 11.3 Å². The summed E-state index contributed by atoms with van der Waals surface area (Å²) in [6.45, 7) is 7.11. The van der Waals surface area contributed by atoms with Gasteiger partial charge in [0.2, 0.25) is 5.91 Å². The second kappa shape index (κ2) is 12.4. The molecule has 2 unspecified atom stereocenters. The zero-order valence-electron chi connectivity index (χ0n) is 21.2. The summed E-state index contributed by atoms with van der Waals surface area (Å²) in [5.41, 5.74) is 1.72. The Kier molecular flexibility index (Phi) is 9.83. The predicted octanol–water partition coefficient (Wildman–Crippen LogP) is 2.40. The molecule has 3 amide bonds. The Bertz CT molecular complexity index is 1040. The molecule has 2 aromatic carbocycles. The number of anilines is 1. The van der Waals surface area contributed by atoms with Crippen LogP contribution in [0.4, 0.5) is 10.5 Å². The molecule has 36 heavy (non-hydrogen) atoms. The molecule has 196 valence electrons. The number of aryl methyl sites for hydroxylation is 2. The van der Waals surface area contributed by atoms with Crippen LogP contribution in [0.3, 0.4) is 0 Å². The molecule has 0 radical (unpaired) electrons. The van der Waals surface area contributed by atoms with Crippen molar-refractivity contribution in [3.63, 3.8) is 0 Å². The molecule has 0 saturated carbocycles. The Morgan fingerprint density at radius 2 is 1.58 bits per heavy atom. The van der Waals surface area contributed by atoms with Gasteiger partial charge < -0.3 is 35.6 Å². The number of phenols is 1. The Balaban J connectivity index is 2.47. The van der Waals surface area contributed by atoms with E-state index >= 15 is 0 Å². The number of rotatable bonds is 9. The molecule has 5 N–H and O–H groups in total. The van der Waals surface area contributed by atoms with Gasteiger partial charge in [-0.15, -0.1) is 0 Å². The molecule has 0 fully saturated rings. The van der Waals surface area contributed by atoms with Gasteiger partial charge in [0.1, 0.15) is 23.4 Å². The standard InChI is InChI=1S/C26H35N3O7/c1-16-7-6-8-17(2)21(16)28-23(33)22(18-9-11-19(32)12-10-18)29(13-14-30)24(34)20(15-31)27-25(35)36-26(3,4)5/h6-12,20,22,30-32H,13-15H2,1-5H3,(H,27,35)(H,28,33). The summed E-state index contributed by atoms with van der Waals surface area (Å²) in [4.78, 5) is 40.5. The minimum Gasteiger partial charge on any atom is -0.508 e. The molecule has 0 bridgehead atoms. The SMILES string of the molecule is Cc1cccc(C)c1NC(=O)C(c1ccc(O)cc1)N(CCO)C(=O)C(CO)NC(=O)OC(C)(C)C. The van der Waals surface area contributed by atoms with Gasteiger partial charge in [0, 0.05) is 12.2 Å². The number of carbonyl (C=O) groups is 3. The number of phenolic OH excluding ortho intramolecular Hbond substituents is 1. The van der Waals surface area contributed by atoms with E-state index in [2.05, 4.69) is 10.6 Å². The largest absolute Gasteiger partial charge is 0.508 e. The van der Waals surface area contributed by atoms with Crippen LogP contribution in [-0.4, -0.2) is 69.5 Å². The molecular weight excluding hydrogens is 466 g/mol. The smallest absolute Gasteiger partial charge is 0.408 e. The molecule has 0 aliphatic rings. The lowest BCUT2D eigenvalue weighted by molar-refractivity contribution is -0.142. The van der Waals surface area contributed by atoms with Gasteiger partial charge in [-0.3, -0.25) is 9.59 Å². The van der Waals surface area contributed by atoms with Crippen LogP contribution in [0.25, 0.3) is 0 Å². The summed E-state index contributed by atoms with van der Waals surface area (Å²) in [5.74, 6) is -1.41. The van der Waals surface area contributed by atoms with Gasteiger partial charge in [0.25, 0.3) is 5.91 Å². The van der Waals surface area contributed by atoms with Gasteiger partial charge in [-0.2, -0.15) is 0 Å². The number of hydrogen-bond acceptors (Lipinski definition) is 7. The minimum absolute atomic E-state index is 0.0347. The van der Waals surface area contributed by atoms with Crippen molar-refractivity contribution in [2.45, 2.75) is 52.3 Å². The molecule has 0 heterocycles. The van der Waals surface area contributed by atoms with Crippen LogP contribution < -0.4 is 10.6 Å². The minimum atomic E-state index is -1.43. The maximum Gasteiger partial charge on any atom is 0.408 e. The van der Waals surface area contributed by atoms with Gasteiger partial charge in [-0.05, 0) is 63.4 Å². The van der Waals surface area contributed by atoms with E-state index in [-0.39, 0.29) is 12.3 Å². The summed E-state index contributed by atoms with van der Waals surface area (Å²) in [5, 5.41) is 34.5. The number of alkyl carbamates (subject to hydrolysis) is 1. The molecule has 0 aliphatic carbocycles. The zero-order valence-corrected chi connectivity index (χ0v) is 21.2. The van der Waals surface area contributed by atoms with E-state index in [0.717, 1.165) is 16.0 Å². The highest BCUT2D eigenvalue weighted by Crippen LogP contribution is 2.27.